The molecular formula is C12H22N2O. The van der Waals surface area contributed by atoms with Gasteiger partial charge in [0.05, 0.1) is 6.54 Å². The molecule has 0 aliphatic carbocycles. The number of carbonyl (C=O) groups is 1. The van der Waals surface area contributed by atoms with Crippen LogP contribution in [0.2, 0.25) is 0 Å². The minimum absolute atomic E-state index is 0.349. The van der Waals surface area contributed by atoms with E-state index in [0.717, 1.165) is 19.6 Å². The molecule has 1 atom stereocenters. The molecule has 2 rings (SSSR count). The van der Waals surface area contributed by atoms with Gasteiger partial charge >= 0.3 is 0 Å². The zero-order chi connectivity index (χ0) is 10.7. The van der Waals surface area contributed by atoms with Crippen LogP contribution in [0.25, 0.3) is 0 Å². The van der Waals surface area contributed by atoms with Crippen LogP contribution in [0, 0.1) is 0 Å². The van der Waals surface area contributed by atoms with E-state index in [9.17, 15) is 4.79 Å². The van der Waals surface area contributed by atoms with Crippen LogP contribution in [0.3, 0.4) is 0 Å². The van der Waals surface area contributed by atoms with Crippen molar-refractivity contribution < 1.29 is 4.79 Å². The first-order valence-corrected chi connectivity index (χ1v) is 6.29. The van der Waals surface area contributed by atoms with Crippen LogP contribution >= 0.6 is 0 Å². The van der Waals surface area contributed by atoms with Gasteiger partial charge in [-0.25, -0.2) is 0 Å². The van der Waals surface area contributed by atoms with Crippen LogP contribution in [0.4, 0.5) is 0 Å². The van der Waals surface area contributed by atoms with Gasteiger partial charge in [-0.1, -0.05) is 6.42 Å². The number of carbonyl (C=O) groups excluding carboxylic acids is 1. The van der Waals surface area contributed by atoms with E-state index in [4.69, 9.17) is 0 Å². The Kier molecular flexibility index (Phi) is 3.62. The van der Waals surface area contributed by atoms with Gasteiger partial charge in [-0.3, -0.25) is 9.69 Å². The molecule has 0 aromatic carbocycles. The van der Waals surface area contributed by atoms with E-state index in [0.29, 0.717) is 18.5 Å². The topological polar surface area (TPSA) is 23.6 Å². The van der Waals surface area contributed by atoms with E-state index in [2.05, 4.69) is 16.7 Å². The van der Waals surface area contributed by atoms with E-state index in [-0.39, 0.29) is 0 Å². The average molecular weight is 210 g/mol. The molecule has 0 aromatic heterocycles. The number of hydrogen-bond acceptors (Lipinski definition) is 2. The third kappa shape index (κ3) is 2.71. The fraction of sp³-hybridized carbons (Fsp3) is 0.917. The summed E-state index contributed by atoms with van der Waals surface area (Å²) in [6, 6.07) is 0.474. The first-order valence-electron chi connectivity index (χ1n) is 6.29. The molecule has 0 spiro atoms. The summed E-state index contributed by atoms with van der Waals surface area (Å²) in [5, 5.41) is 0. The van der Waals surface area contributed by atoms with Crippen molar-refractivity contribution in [3.63, 3.8) is 0 Å². The van der Waals surface area contributed by atoms with E-state index in [1.165, 1.54) is 32.1 Å². The molecule has 3 heteroatoms. The van der Waals surface area contributed by atoms with Crippen LogP contribution in [0.5, 0.6) is 0 Å². The number of nitrogens with zero attached hydrogens (tertiary/aromatic N) is 2. The van der Waals surface area contributed by atoms with Crippen molar-refractivity contribution >= 4 is 5.91 Å². The Labute approximate surface area is 92.4 Å². The molecule has 2 fully saturated rings. The molecule has 0 radical (unpaired) electrons. The summed E-state index contributed by atoms with van der Waals surface area (Å²) in [7, 11) is 0. The molecule has 15 heavy (non-hydrogen) atoms. The number of hydrogen-bond donors (Lipinski definition) is 0. The molecule has 0 aromatic rings. The molecule has 2 saturated heterocycles. The Morgan fingerprint density at radius 2 is 1.87 bits per heavy atom. The highest BCUT2D eigenvalue weighted by atomic mass is 16.2. The van der Waals surface area contributed by atoms with Crippen LogP contribution in [0.15, 0.2) is 0 Å². The SMILES string of the molecule is C[C@@H]1CCCN1C(=O)CN1CCCCC1. The monoisotopic (exact) mass is 210 g/mol. The van der Waals surface area contributed by atoms with Crippen molar-refractivity contribution in [2.24, 2.45) is 0 Å². The van der Waals surface area contributed by atoms with Gasteiger partial charge in [-0.2, -0.15) is 0 Å². The molecule has 2 aliphatic rings. The maximum atomic E-state index is 12.0. The molecule has 0 N–H and O–H groups in total. The van der Waals surface area contributed by atoms with Crippen LogP contribution in [-0.2, 0) is 4.79 Å². The summed E-state index contributed by atoms with van der Waals surface area (Å²) in [6.45, 7) is 6.04. The van der Waals surface area contributed by atoms with Crippen molar-refractivity contribution in [3.8, 4) is 0 Å². The minimum atomic E-state index is 0.349. The number of piperidine rings is 1. The molecule has 0 unspecified atom stereocenters. The van der Waals surface area contributed by atoms with E-state index in [1.54, 1.807) is 0 Å². The smallest absolute Gasteiger partial charge is 0.236 e. The maximum absolute atomic E-state index is 12.0. The highest BCUT2D eigenvalue weighted by Gasteiger charge is 2.26. The fourth-order valence-electron chi connectivity index (χ4n) is 2.70. The van der Waals surface area contributed by atoms with Gasteiger partial charge in [0.1, 0.15) is 0 Å². The Morgan fingerprint density at radius 3 is 2.47 bits per heavy atom. The van der Waals surface area contributed by atoms with Gasteiger partial charge in [-0.05, 0) is 45.7 Å². The summed E-state index contributed by atoms with van der Waals surface area (Å²) < 4.78 is 0. The quantitative estimate of drug-likeness (QED) is 0.689. The van der Waals surface area contributed by atoms with Crippen LogP contribution < -0.4 is 0 Å². The van der Waals surface area contributed by atoms with Gasteiger partial charge in [0.25, 0.3) is 0 Å². The molecule has 86 valence electrons. The highest BCUT2D eigenvalue weighted by molar-refractivity contribution is 5.78. The molecule has 2 heterocycles. The summed E-state index contributed by atoms with van der Waals surface area (Å²) in [6.07, 6.45) is 6.25. The lowest BCUT2D eigenvalue weighted by molar-refractivity contribution is -0.133. The Hall–Kier alpha value is -0.570. The Balaban J connectivity index is 1.80. The zero-order valence-corrected chi connectivity index (χ0v) is 9.74. The van der Waals surface area contributed by atoms with Gasteiger partial charge in [0, 0.05) is 12.6 Å². The first-order chi connectivity index (χ1) is 7.27. The second-order valence-corrected chi connectivity index (χ2v) is 4.92. The third-order valence-electron chi connectivity index (χ3n) is 3.68. The minimum Gasteiger partial charge on any atom is -0.339 e. The van der Waals surface area contributed by atoms with E-state index in [1.807, 2.05) is 0 Å². The predicted molar refractivity (Wildman–Crippen MR) is 60.7 cm³/mol. The summed E-state index contributed by atoms with van der Waals surface area (Å²) in [5.74, 6) is 0.349. The van der Waals surface area contributed by atoms with Crippen molar-refractivity contribution in [2.45, 2.75) is 45.1 Å². The average Bonchev–Trinajstić information content (AvgIpc) is 2.66. The maximum Gasteiger partial charge on any atom is 0.236 e. The molecule has 3 nitrogen and oxygen atoms in total. The second kappa shape index (κ2) is 4.97. The normalized spacial score (nSPS) is 28.3. The molecule has 2 aliphatic heterocycles. The van der Waals surface area contributed by atoms with Gasteiger partial charge in [0.2, 0.25) is 5.91 Å². The number of likely N-dealkylation sites (tertiary alicyclic amines) is 2. The summed E-state index contributed by atoms with van der Waals surface area (Å²) in [4.78, 5) is 16.4. The van der Waals surface area contributed by atoms with E-state index >= 15 is 0 Å². The fourth-order valence-corrected chi connectivity index (χ4v) is 2.70. The largest absolute Gasteiger partial charge is 0.339 e. The zero-order valence-electron chi connectivity index (χ0n) is 9.74. The van der Waals surface area contributed by atoms with Gasteiger partial charge in [-0.15, -0.1) is 0 Å². The van der Waals surface area contributed by atoms with Gasteiger partial charge in [0.15, 0.2) is 0 Å². The lowest BCUT2D eigenvalue weighted by Crippen LogP contribution is -2.43. The third-order valence-corrected chi connectivity index (χ3v) is 3.68. The van der Waals surface area contributed by atoms with Crippen LogP contribution in [-0.4, -0.2) is 47.9 Å². The summed E-state index contributed by atoms with van der Waals surface area (Å²) >= 11 is 0. The van der Waals surface area contributed by atoms with Gasteiger partial charge < -0.3 is 4.90 Å². The van der Waals surface area contributed by atoms with Crippen molar-refractivity contribution in [2.75, 3.05) is 26.2 Å². The van der Waals surface area contributed by atoms with Crippen molar-refractivity contribution in [1.29, 1.82) is 0 Å². The standard InChI is InChI=1S/C12H22N2O/c1-11-6-5-9-14(11)12(15)10-13-7-3-2-4-8-13/h11H,2-10H2,1H3/t11-/m1/s1. The molecule has 0 saturated carbocycles. The molecule has 1 amide bonds. The second-order valence-electron chi connectivity index (χ2n) is 4.92. The first kappa shape index (κ1) is 10.9. The lowest BCUT2D eigenvalue weighted by atomic mass is 10.1. The Bertz CT molecular complexity index is 224. The van der Waals surface area contributed by atoms with E-state index < -0.39 is 0 Å². The van der Waals surface area contributed by atoms with Crippen molar-refractivity contribution in [3.05, 3.63) is 0 Å². The Morgan fingerprint density at radius 1 is 1.13 bits per heavy atom. The molecule has 0 bridgehead atoms. The van der Waals surface area contributed by atoms with Crippen LogP contribution in [0.1, 0.15) is 39.0 Å². The highest BCUT2D eigenvalue weighted by Crippen LogP contribution is 2.17. The number of amides is 1. The lowest BCUT2D eigenvalue weighted by Gasteiger charge is -2.29. The summed E-state index contributed by atoms with van der Waals surface area (Å²) in [5.41, 5.74) is 0. The predicted octanol–water partition coefficient (Wildman–Crippen LogP) is 1.48. The number of rotatable bonds is 2. The molecular weight excluding hydrogens is 188 g/mol. The van der Waals surface area contributed by atoms with Crippen molar-refractivity contribution in [1.82, 2.24) is 9.80 Å².